The second-order valence-corrected chi connectivity index (χ2v) is 7.83. The molecule has 0 unspecified atom stereocenters. The smallest absolute Gasteiger partial charge is 0.225 e. The van der Waals surface area contributed by atoms with Crippen LogP contribution in [0.3, 0.4) is 0 Å². The quantitative estimate of drug-likeness (QED) is 0.875. The van der Waals surface area contributed by atoms with Crippen molar-refractivity contribution in [3.8, 4) is 0 Å². The van der Waals surface area contributed by atoms with Gasteiger partial charge in [0, 0.05) is 31.6 Å². The first-order valence-corrected chi connectivity index (χ1v) is 9.26. The number of aryl methyl sites for hydroxylation is 1. The molecule has 0 aromatic heterocycles. The molecule has 25 heavy (non-hydrogen) atoms. The van der Waals surface area contributed by atoms with Crippen molar-refractivity contribution in [2.24, 2.45) is 11.7 Å². The van der Waals surface area contributed by atoms with Crippen LogP contribution in [0.2, 0.25) is 0 Å². The van der Waals surface area contributed by atoms with Crippen LogP contribution in [0.15, 0.2) is 24.3 Å². The minimum absolute atomic E-state index is 0.00352. The standard InChI is InChI=1S/C20H29N3O2/c1-14-5-3-4-6-16(14)11-20(9-10-20)22-19(25)17-7-8-18(21)13-23(12-17)15(2)24/h3-6,17-18H,7-13,21H2,1-2H3,(H,22,25)/t17-,18+/m1/s1. The van der Waals surface area contributed by atoms with Gasteiger partial charge in [-0.1, -0.05) is 24.3 Å². The van der Waals surface area contributed by atoms with Gasteiger partial charge in [0.1, 0.15) is 0 Å². The van der Waals surface area contributed by atoms with Crippen LogP contribution < -0.4 is 11.1 Å². The molecule has 1 aliphatic carbocycles. The summed E-state index contributed by atoms with van der Waals surface area (Å²) in [7, 11) is 0. The van der Waals surface area contributed by atoms with Gasteiger partial charge >= 0.3 is 0 Å². The van der Waals surface area contributed by atoms with E-state index in [-0.39, 0.29) is 29.3 Å². The van der Waals surface area contributed by atoms with E-state index in [0.717, 1.165) is 32.1 Å². The van der Waals surface area contributed by atoms with Crippen molar-refractivity contribution in [3.05, 3.63) is 35.4 Å². The van der Waals surface area contributed by atoms with E-state index in [4.69, 9.17) is 5.73 Å². The SMILES string of the molecule is CC(=O)N1C[C@@H](N)CC[C@@H](C(=O)NC2(Cc3ccccc3C)CC2)C1. The van der Waals surface area contributed by atoms with E-state index in [2.05, 4.69) is 30.4 Å². The fourth-order valence-corrected chi connectivity index (χ4v) is 3.73. The van der Waals surface area contributed by atoms with Gasteiger partial charge in [-0.25, -0.2) is 0 Å². The second-order valence-electron chi connectivity index (χ2n) is 7.83. The maximum atomic E-state index is 12.9. The predicted octanol–water partition coefficient (Wildman–Crippen LogP) is 1.77. The van der Waals surface area contributed by atoms with Crippen molar-refractivity contribution < 1.29 is 9.59 Å². The van der Waals surface area contributed by atoms with Gasteiger partial charge in [0.05, 0.1) is 5.92 Å². The number of rotatable bonds is 4. The summed E-state index contributed by atoms with van der Waals surface area (Å²) in [6, 6.07) is 8.32. The highest BCUT2D eigenvalue weighted by Crippen LogP contribution is 2.39. The number of nitrogens with two attached hydrogens (primary N) is 1. The van der Waals surface area contributed by atoms with Gasteiger partial charge in [-0.15, -0.1) is 0 Å². The van der Waals surface area contributed by atoms with Gasteiger partial charge in [0.15, 0.2) is 0 Å². The van der Waals surface area contributed by atoms with E-state index in [1.165, 1.54) is 11.1 Å². The molecule has 5 heteroatoms. The van der Waals surface area contributed by atoms with E-state index in [1.807, 2.05) is 6.07 Å². The molecule has 1 aromatic carbocycles. The van der Waals surface area contributed by atoms with Crippen molar-refractivity contribution in [1.29, 1.82) is 0 Å². The van der Waals surface area contributed by atoms with Crippen LogP contribution in [0.1, 0.15) is 43.7 Å². The number of likely N-dealkylation sites (tertiary alicyclic amines) is 1. The van der Waals surface area contributed by atoms with Crippen molar-refractivity contribution in [2.45, 2.75) is 57.5 Å². The molecular formula is C20H29N3O2. The molecule has 1 aliphatic heterocycles. The fraction of sp³-hybridized carbons (Fsp3) is 0.600. The lowest BCUT2D eigenvalue weighted by Crippen LogP contribution is -2.46. The molecule has 2 aliphatic rings. The number of amides is 2. The van der Waals surface area contributed by atoms with Crippen LogP contribution in [0, 0.1) is 12.8 Å². The minimum Gasteiger partial charge on any atom is -0.350 e. The van der Waals surface area contributed by atoms with Gasteiger partial charge in [-0.05, 0) is 50.2 Å². The van der Waals surface area contributed by atoms with E-state index in [1.54, 1.807) is 11.8 Å². The van der Waals surface area contributed by atoms with Crippen molar-refractivity contribution in [2.75, 3.05) is 13.1 Å². The Balaban J connectivity index is 1.65. The van der Waals surface area contributed by atoms with Crippen molar-refractivity contribution in [1.82, 2.24) is 10.2 Å². The normalized spacial score (nSPS) is 25.2. The average Bonchev–Trinajstić information content (AvgIpc) is 3.33. The summed E-state index contributed by atoms with van der Waals surface area (Å²) in [5, 5.41) is 3.30. The lowest BCUT2D eigenvalue weighted by atomic mass is 9.97. The third kappa shape index (κ3) is 4.40. The Hall–Kier alpha value is -1.88. The number of benzene rings is 1. The topological polar surface area (TPSA) is 75.4 Å². The fourth-order valence-electron chi connectivity index (χ4n) is 3.73. The summed E-state index contributed by atoms with van der Waals surface area (Å²) in [5.74, 6) is -0.0885. The Labute approximate surface area is 150 Å². The van der Waals surface area contributed by atoms with Gasteiger partial charge in [0.25, 0.3) is 0 Å². The zero-order valence-corrected chi connectivity index (χ0v) is 15.3. The maximum absolute atomic E-state index is 12.9. The van der Waals surface area contributed by atoms with Gasteiger partial charge < -0.3 is 16.0 Å². The number of nitrogens with one attached hydrogen (secondary N) is 1. The van der Waals surface area contributed by atoms with E-state index >= 15 is 0 Å². The summed E-state index contributed by atoms with van der Waals surface area (Å²) >= 11 is 0. The first kappa shape index (κ1) is 17.9. The van der Waals surface area contributed by atoms with Gasteiger partial charge in [-0.3, -0.25) is 9.59 Å². The second kappa shape index (κ2) is 7.16. The van der Waals surface area contributed by atoms with Gasteiger partial charge in [0.2, 0.25) is 11.8 Å². The monoisotopic (exact) mass is 343 g/mol. The van der Waals surface area contributed by atoms with E-state index in [0.29, 0.717) is 13.1 Å². The largest absolute Gasteiger partial charge is 0.350 e. The molecule has 136 valence electrons. The van der Waals surface area contributed by atoms with E-state index in [9.17, 15) is 9.59 Å². The molecule has 1 aromatic rings. The molecule has 0 spiro atoms. The lowest BCUT2D eigenvalue weighted by molar-refractivity contribution is -0.131. The number of carbonyl (C=O) groups is 2. The molecule has 3 rings (SSSR count). The van der Waals surface area contributed by atoms with Crippen LogP contribution in [-0.4, -0.2) is 41.4 Å². The van der Waals surface area contributed by atoms with Crippen molar-refractivity contribution >= 4 is 11.8 Å². The first-order valence-electron chi connectivity index (χ1n) is 9.26. The predicted molar refractivity (Wildman–Crippen MR) is 97.9 cm³/mol. The number of hydrogen-bond acceptors (Lipinski definition) is 3. The number of carbonyl (C=O) groups excluding carboxylic acids is 2. The third-order valence-corrected chi connectivity index (χ3v) is 5.63. The minimum atomic E-state index is -0.160. The molecule has 0 radical (unpaired) electrons. The Morgan fingerprint density at radius 2 is 1.96 bits per heavy atom. The zero-order valence-electron chi connectivity index (χ0n) is 15.3. The summed E-state index contributed by atoms with van der Waals surface area (Å²) in [6.45, 7) is 4.70. The van der Waals surface area contributed by atoms with Crippen molar-refractivity contribution in [3.63, 3.8) is 0 Å². The molecule has 1 saturated carbocycles. The zero-order chi connectivity index (χ0) is 18.0. The Morgan fingerprint density at radius 1 is 1.24 bits per heavy atom. The molecule has 2 amide bonds. The summed E-state index contributed by atoms with van der Waals surface area (Å²) in [4.78, 5) is 26.4. The number of hydrogen-bond donors (Lipinski definition) is 2. The summed E-state index contributed by atoms with van der Waals surface area (Å²) < 4.78 is 0. The van der Waals surface area contributed by atoms with Gasteiger partial charge in [-0.2, -0.15) is 0 Å². The third-order valence-electron chi connectivity index (χ3n) is 5.63. The summed E-state index contributed by atoms with van der Waals surface area (Å²) in [5.41, 5.74) is 8.53. The highest BCUT2D eigenvalue weighted by atomic mass is 16.2. The molecule has 2 fully saturated rings. The lowest BCUT2D eigenvalue weighted by Gasteiger charge is -2.26. The maximum Gasteiger partial charge on any atom is 0.225 e. The summed E-state index contributed by atoms with van der Waals surface area (Å²) in [6.07, 6.45) is 4.46. The Bertz CT molecular complexity index is 654. The molecule has 3 N–H and O–H groups in total. The van der Waals surface area contributed by atoms with Crippen LogP contribution >= 0.6 is 0 Å². The molecule has 2 atom stereocenters. The molecular weight excluding hydrogens is 314 g/mol. The highest BCUT2D eigenvalue weighted by molar-refractivity contribution is 5.81. The van der Waals surface area contributed by atoms with Crippen LogP contribution in [0.4, 0.5) is 0 Å². The van der Waals surface area contributed by atoms with Crippen LogP contribution in [0.25, 0.3) is 0 Å². The molecule has 0 bridgehead atoms. The Morgan fingerprint density at radius 3 is 2.60 bits per heavy atom. The highest BCUT2D eigenvalue weighted by Gasteiger charge is 2.45. The molecule has 1 heterocycles. The van der Waals surface area contributed by atoms with Crippen LogP contribution in [-0.2, 0) is 16.0 Å². The number of nitrogens with zero attached hydrogens (tertiary/aromatic N) is 1. The Kier molecular flexibility index (Phi) is 5.13. The molecule has 5 nitrogen and oxygen atoms in total. The average molecular weight is 343 g/mol. The van der Waals surface area contributed by atoms with Crippen LogP contribution in [0.5, 0.6) is 0 Å². The molecule has 1 saturated heterocycles. The first-order chi connectivity index (χ1) is 11.9. The van der Waals surface area contributed by atoms with E-state index < -0.39 is 0 Å².